The van der Waals surface area contributed by atoms with E-state index < -0.39 is 0 Å². The summed E-state index contributed by atoms with van der Waals surface area (Å²) in [6.07, 6.45) is 0.712. The van der Waals surface area contributed by atoms with E-state index in [9.17, 15) is 4.79 Å². The molecule has 3 aromatic rings. The number of aldehydes is 1. The molecule has 0 aliphatic carbocycles. The molecule has 21 heavy (non-hydrogen) atoms. The third kappa shape index (κ3) is 2.73. The van der Waals surface area contributed by atoms with Gasteiger partial charge in [0.25, 0.3) is 0 Å². The second-order valence-electron chi connectivity index (χ2n) is 4.49. The lowest BCUT2D eigenvalue weighted by molar-refractivity contribution is 0.112. The lowest BCUT2D eigenvalue weighted by atomic mass is 10.1. The van der Waals surface area contributed by atoms with Crippen LogP contribution in [0.15, 0.2) is 54.6 Å². The number of halogens is 2. The second-order valence-corrected chi connectivity index (χ2v) is 5.31. The van der Waals surface area contributed by atoms with E-state index in [0.29, 0.717) is 33.4 Å². The molecule has 2 nitrogen and oxygen atoms in total. The SMILES string of the molecule is O=Cc1ccc(Oc2ccc(Cl)c3ccccc23)cc1Cl. The molecule has 0 aliphatic heterocycles. The average molecular weight is 317 g/mol. The molecule has 0 heterocycles. The van der Waals surface area contributed by atoms with E-state index in [0.717, 1.165) is 10.8 Å². The second kappa shape index (κ2) is 5.76. The zero-order valence-corrected chi connectivity index (χ0v) is 12.4. The van der Waals surface area contributed by atoms with Crippen molar-refractivity contribution < 1.29 is 9.53 Å². The van der Waals surface area contributed by atoms with Crippen LogP contribution >= 0.6 is 23.2 Å². The number of carbonyl (C=O) groups excluding carboxylic acids is 1. The van der Waals surface area contributed by atoms with Crippen molar-refractivity contribution in [1.29, 1.82) is 0 Å². The van der Waals surface area contributed by atoms with Crippen LogP contribution in [0.25, 0.3) is 10.8 Å². The minimum Gasteiger partial charge on any atom is -0.457 e. The van der Waals surface area contributed by atoms with E-state index in [1.54, 1.807) is 24.3 Å². The van der Waals surface area contributed by atoms with Crippen LogP contribution < -0.4 is 4.74 Å². The van der Waals surface area contributed by atoms with E-state index >= 15 is 0 Å². The summed E-state index contributed by atoms with van der Waals surface area (Å²) in [7, 11) is 0. The van der Waals surface area contributed by atoms with Crippen molar-refractivity contribution in [3.05, 3.63) is 70.2 Å². The molecule has 104 valence electrons. The van der Waals surface area contributed by atoms with Crippen LogP contribution in [0.4, 0.5) is 0 Å². The first-order valence-corrected chi connectivity index (χ1v) is 7.04. The minimum atomic E-state index is 0.362. The summed E-state index contributed by atoms with van der Waals surface area (Å²) in [6, 6.07) is 16.3. The number of hydrogen-bond acceptors (Lipinski definition) is 2. The van der Waals surface area contributed by atoms with Gasteiger partial charge in [0.2, 0.25) is 0 Å². The third-order valence-corrected chi connectivity index (χ3v) is 3.81. The Hall–Kier alpha value is -2.03. The first-order valence-electron chi connectivity index (χ1n) is 6.29. The topological polar surface area (TPSA) is 26.3 Å². The van der Waals surface area contributed by atoms with Crippen LogP contribution in [0.1, 0.15) is 10.4 Å². The van der Waals surface area contributed by atoms with Crippen molar-refractivity contribution in [3.8, 4) is 11.5 Å². The van der Waals surface area contributed by atoms with Crippen molar-refractivity contribution in [1.82, 2.24) is 0 Å². The Labute approximate surface area is 131 Å². The maximum absolute atomic E-state index is 10.8. The molecule has 3 rings (SSSR count). The van der Waals surface area contributed by atoms with Gasteiger partial charge >= 0.3 is 0 Å². The van der Waals surface area contributed by atoms with Gasteiger partial charge in [-0.2, -0.15) is 0 Å². The highest BCUT2D eigenvalue weighted by Crippen LogP contribution is 2.34. The van der Waals surface area contributed by atoms with E-state index in [1.807, 2.05) is 30.3 Å². The Morgan fingerprint density at radius 2 is 1.62 bits per heavy atom. The fraction of sp³-hybridized carbons (Fsp3) is 0. The van der Waals surface area contributed by atoms with Gasteiger partial charge < -0.3 is 4.74 Å². The van der Waals surface area contributed by atoms with Crippen LogP contribution in [0.5, 0.6) is 11.5 Å². The third-order valence-electron chi connectivity index (χ3n) is 3.16. The van der Waals surface area contributed by atoms with Crippen LogP contribution in [0.2, 0.25) is 10.0 Å². The number of rotatable bonds is 3. The molecule has 4 heteroatoms. The smallest absolute Gasteiger partial charge is 0.151 e. The summed E-state index contributed by atoms with van der Waals surface area (Å²) in [5.74, 6) is 1.25. The molecule has 0 amide bonds. The molecule has 0 saturated heterocycles. The van der Waals surface area contributed by atoms with Gasteiger partial charge in [-0.3, -0.25) is 4.79 Å². The van der Waals surface area contributed by atoms with Crippen molar-refractivity contribution in [2.75, 3.05) is 0 Å². The Morgan fingerprint density at radius 1 is 0.857 bits per heavy atom. The summed E-state index contributed by atoms with van der Waals surface area (Å²) in [5, 5.41) is 2.88. The van der Waals surface area contributed by atoms with Crippen molar-refractivity contribution in [3.63, 3.8) is 0 Å². The monoisotopic (exact) mass is 316 g/mol. The van der Waals surface area contributed by atoms with Crippen molar-refractivity contribution in [2.45, 2.75) is 0 Å². The predicted octanol–water partition coefficient (Wildman–Crippen LogP) is 5.75. The van der Waals surface area contributed by atoms with Crippen LogP contribution in [-0.4, -0.2) is 6.29 Å². The minimum absolute atomic E-state index is 0.362. The van der Waals surface area contributed by atoms with Gasteiger partial charge in [-0.1, -0.05) is 47.5 Å². The lowest BCUT2D eigenvalue weighted by Gasteiger charge is -2.10. The molecule has 0 bridgehead atoms. The van der Waals surface area contributed by atoms with Crippen LogP contribution in [0.3, 0.4) is 0 Å². The highest BCUT2D eigenvalue weighted by Gasteiger charge is 2.08. The Morgan fingerprint density at radius 3 is 2.33 bits per heavy atom. The van der Waals surface area contributed by atoms with E-state index in [2.05, 4.69) is 0 Å². The van der Waals surface area contributed by atoms with E-state index in [4.69, 9.17) is 27.9 Å². The molecular weight excluding hydrogens is 307 g/mol. The molecule has 0 spiro atoms. The standard InChI is InChI=1S/C17H10Cl2O2/c18-15-7-8-17(14-4-2-1-3-13(14)15)21-12-6-5-11(10-20)16(19)9-12/h1-10H. The number of ether oxygens (including phenoxy) is 1. The average Bonchev–Trinajstić information content (AvgIpc) is 2.51. The molecule has 0 unspecified atom stereocenters. The molecule has 0 aliphatic rings. The summed E-state index contributed by atoms with van der Waals surface area (Å²) < 4.78 is 5.87. The highest BCUT2D eigenvalue weighted by atomic mass is 35.5. The number of benzene rings is 3. The molecule has 3 aromatic carbocycles. The van der Waals surface area contributed by atoms with Gasteiger partial charge in [0.05, 0.1) is 5.02 Å². The number of fused-ring (bicyclic) bond motifs is 1. The molecule has 0 N–H and O–H groups in total. The first kappa shape index (κ1) is 13.9. The van der Waals surface area contributed by atoms with Crippen LogP contribution in [0, 0.1) is 0 Å². The maximum atomic E-state index is 10.8. The molecule has 0 fully saturated rings. The van der Waals surface area contributed by atoms with Gasteiger partial charge in [-0.25, -0.2) is 0 Å². The molecule has 0 aromatic heterocycles. The normalized spacial score (nSPS) is 10.6. The van der Waals surface area contributed by atoms with Gasteiger partial charge in [-0.05, 0) is 24.3 Å². The zero-order valence-electron chi connectivity index (χ0n) is 10.8. The largest absolute Gasteiger partial charge is 0.457 e. The van der Waals surface area contributed by atoms with Gasteiger partial charge in [0.15, 0.2) is 6.29 Å². The fourth-order valence-electron chi connectivity index (χ4n) is 2.12. The van der Waals surface area contributed by atoms with Crippen LogP contribution in [-0.2, 0) is 0 Å². The number of carbonyl (C=O) groups is 1. The molecule has 0 radical (unpaired) electrons. The summed E-state index contributed by atoms with van der Waals surface area (Å²) in [6.45, 7) is 0. The summed E-state index contributed by atoms with van der Waals surface area (Å²) in [4.78, 5) is 10.8. The van der Waals surface area contributed by atoms with Crippen molar-refractivity contribution >= 4 is 40.3 Å². The Kier molecular flexibility index (Phi) is 3.82. The molecule has 0 saturated carbocycles. The van der Waals surface area contributed by atoms with E-state index in [1.165, 1.54) is 0 Å². The summed E-state index contributed by atoms with van der Waals surface area (Å²) in [5.41, 5.74) is 0.435. The summed E-state index contributed by atoms with van der Waals surface area (Å²) >= 11 is 12.2. The quantitative estimate of drug-likeness (QED) is 0.575. The molecule has 0 atom stereocenters. The lowest BCUT2D eigenvalue weighted by Crippen LogP contribution is -1.88. The van der Waals surface area contributed by atoms with Gasteiger partial charge in [-0.15, -0.1) is 0 Å². The highest BCUT2D eigenvalue weighted by molar-refractivity contribution is 6.35. The first-order chi connectivity index (χ1) is 10.2. The van der Waals surface area contributed by atoms with Crippen molar-refractivity contribution in [2.24, 2.45) is 0 Å². The molecular formula is C17H10Cl2O2. The zero-order chi connectivity index (χ0) is 14.8. The Balaban J connectivity index is 2.04. The maximum Gasteiger partial charge on any atom is 0.151 e. The van der Waals surface area contributed by atoms with Gasteiger partial charge in [0, 0.05) is 27.4 Å². The van der Waals surface area contributed by atoms with E-state index in [-0.39, 0.29) is 0 Å². The predicted molar refractivity (Wildman–Crippen MR) is 85.9 cm³/mol. The van der Waals surface area contributed by atoms with Gasteiger partial charge in [0.1, 0.15) is 11.5 Å². The fourth-order valence-corrected chi connectivity index (χ4v) is 2.56. The Bertz CT molecular complexity index is 828. The number of hydrogen-bond donors (Lipinski definition) is 0.